The minimum absolute atomic E-state index is 0.538. The highest BCUT2D eigenvalue weighted by Gasteiger charge is 2.15. The molecule has 0 aliphatic rings. The van der Waals surface area contributed by atoms with E-state index >= 15 is 0 Å². The fourth-order valence-corrected chi connectivity index (χ4v) is 2.38. The van der Waals surface area contributed by atoms with E-state index < -0.39 is 6.10 Å². The lowest BCUT2D eigenvalue weighted by Crippen LogP contribution is -2.08. The molecule has 4 nitrogen and oxygen atoms in total. The van der Waals surface area contributed by atoms with Crippen LogP contribution < -0.4 is 0 Å². The van der Waals surface area contributed by atoms with Crippen molar-refractivity contribution in [2.45, 2.75) is 32.8 Å². The van der Waals surface area contributed by atoms with Gasteiger partial charge in [0.05, 0.1) is 22.5 Å². The van der Waals surface area contributed by atoms with Gasteiger partial charge < -0.3 is 5.11 Å². The molecule has 0 aromatic carbocycles. The van der Waals surface area contributed by atoms with Gasteiger partial charge in [-0.05, 0) is 19.4 Å². The fraction of sp³-hybridized carbons (Fsp3) is 0.417. The third-order valence-corrected chi connectivity index (χ3v) is 3.37. The van der Waals surface area contributed by atoms with Gasteiger partial charge in [-0.15, -0.1) is 11.3 Å². The van der Waals surface area contributed by atoms with Crippen molar-refractivity contribution in [3.63, 3.8) is 0 Å². The average molecular weight is 249 g/mol. The van der Waals surface area contributed by atoms with E-state index in [4.69, 9.17) is 0 Å². The Hall–Kier alpha value is -1.33. The van der Waals surface area contributed by atoms with E-state index in [0.717, 1.165) is 28.4 Å². The van der Waals surface area contributed by atoms with Crippen LogP contribution in [-0.2, 0) is 12.8 Å². The maximum atomic E-state index is 10.2. The first kappa shape index (κ1) is 12.1. The molecule has 0 aliphatic carbocycles. The molecule has 1 N–H and O–H groups in total. The molecule has 0 saturated carbocycles. The van der Waals surface area contributed by atoms with Crippen LogP contribution >= 0.6 is 11.3 Å². The van der Waals surface area contributed by atoms with E-state index in [0.29, 0.717) is 6.42 Å². The second-order valence-corrected chi connectivity index (χ2v) is 4.87. The smallest absolute Gasteiger partial charge is 0.0954 e. The summed E-state index contributed by atoms with van der Waals surface area (Å²) >= 11 is 1.56. The summed E-state index contributed by atoms with van der Waals surface area (Å²) in [7, 11) is 0. The van der Waals surface area contributed by atoms with Crippen LogP contribution in [0, 0.1) is 6.92 Å². The van der Waals surface area contributed by atoms with Crippen molar-refractivity contribution in [2.75, 3.05) is 0 Å². The van der Waals surface area contributed by atoms with Crippen molar-refractivity contribution in [2.24, 2.45) is 0 Å². The summed E-state index contributed by atoms with van der Waals surface area (Å²) in [6.45, 7) is 3.89. The van der Waals surface area contributed by atoms with Gasteiger partial charge in [0, 0.05) is 23.6 Å². The molecule has 0 bridgehead atoms. The van der Waals surface area contributed by atoms with Gasteiger partial charge in [-0.25, -0.2) is 4.98 Å². The van der Waals surface area contributed by atoms with Gasteiger partial charge in [-0.1, -0.05) is 6.92 Å². The van der Waals surface area contributed by atoms with Gasteiger partial charge >= 0.3 is 0 Å². The number of aryl methyl sites for hydroxylation is 2. The highest BCUT2D eigenvalue weighted by atomic mass is 32.1. The van der Waals surface area contributed by atoms with Crippen LogP contribution in [0.1, 0.15) is 35.0 Å². The fourth-order valence-electron chi connectivity index (χ4n) is 1.73. The topological polar surface area (TPSA) is 58.9 Å². The average Bonchev–Trinajstić information content (AvgIpc) is 2.81. The summed E-state index contributed by atoms with van der Waals surface area (Å²) in [5, 5.41) is 21.2. The Bertz CT molecular complexity index is 485. The number of hydrogen-bond acceptors (Lipinski definition) is 5. The number of hydrogen-bond donors (Lipinski definition) is 1. The maximum Gasteiger partial charge on any atom is 0.0954 e. The van der Waals surface area contributed by atoms with Gasteiger partial charge in [0.2, 0.25) is 0 Å². The number of aliphatic hydroxyl groups excluding tert-OH is 1. The molecule has 0 amide bonds. The van der Waals surface area contributed by atoms with Crippen molar-refractivity contribution >= 4 is 11.3 Å². The van der Waals surface area contributed by atoms with Gasteiger partial charge in [-0.3, -0.25) is 0 Å². The lowest BCUT2D eigenvalue weighted by atomic mass is 10.0. The zero-order valence-corrected chi connectivity index (χ0v) is 10.7. The Morgan fingerprint density at radius 3 is 2.88 bits per heavy atom. The van der Waals surface area contributed by atoms with E-state index in [9.17, 15) is 5.11 Å². The summed E-state index contributed by atoms with van der Waals surface area (Å²) < 4.78 is 0. The second-order valence-electron chi connectivity index (χ2n) is 3.89. The number of rotatable bonds is 4. The Morgan fingerprint density at radius 2 is 2.24 bits per heavy atom. The van der Waals surface area contributed by atoms with Gasteiger partial charge in [-0.2, -0.15) is 10.2 Å². The monoisotopic (exact) mass is 249 g/mol. The Balaban J connectivity index is 2.23. The lowest BCUT2D eigenvalue weighted by molar-refractivity contribution is 0.176. The van der Waals surface area contributed by atoms with Crippen LogP contribution in [0.25, 0.3) is 0 Å². The first-order valence-electron chi connectivity index (χ1n) is 5.60. The van der Waals surface area contributed by atoms with Crippen LogP contribution in [0.5, 0.6) is 0 Å². The molecule has 0 aliphatic heterocycles. The number of aliphatic hydroxyl groups is 1. The van der Waals surface area contributed by atoms with E-state index in [1.54, 1.807) is 17.5 Å². The first-order valence-corrected chi connectivity index (χ1v) is 6.48. The second kappa shape index (κ2) is 5.33. The van der Waals surface area contributed by atoms with E-state index in [-0.39, 0.29) is 0 Å². The third-order valence-electron chi connectivity index (χ3n) is 2.57. The SMILES string of the molecule is CCc1nnc(C)cc1C(O)Cc1nccs1. The summed E-state index contributed by atoms with van der Waals surface area (Å²) in [4.78, 5) is 4.18. The number of aromatic nitrogens is 3. The standard InChI is InChI=1S/C12H15N3OS/c1-3-10-9(6-8(2)14-15-10)11(16)7-12-13-4-5-17-12/h4-6,11,16H,3,7H2,1-2H3. The van der Waals surface area contributed by atoms with Gasteiger partial charge in [0.1, 0.15) is 0 Å². The molecule has 90 valence electrons. The van der Waals surface area contributed by atoms with E-state index in [2.05, 4.69) is 15.2 Å². The van der Waals surface area contributed by atoms with Crippen molar-refractivity contribution in [3.05, 3.63) is 39.6 Å². The first-order chi connectivity index (χ1) is 8.20. The molecule has 0 fully saturated rings. The highest BCUT2D eigenvalue weighted by Crippen LogP contribution is 2.22. The van der Waals surface area contributed by atoms with Crippen molar-refractivity contribution in [1.29, 1.82) is 0 Å². The van der Waals surface area contributed by atoms with Crippen molar-refractivity contribution in [1.82, 2.24) is 15.2 Å². The molecule has 2 rings (SSSR count). The zero-order chi connectivity index (χ0) is 12.3. The molecular weight excluding hydrogens is 234 g/mol. The lowest BCUT2D eigenvalue weighted by Gasteiger charge is -2.12. The molecule has 5 heteroatoms. The molecule has 0 radical (unpaired) electrons. The normalized spacial score (nSPS) is 12.6. The third kappa shape index (κ3) is 2.87. The molecule has 0 saturated heterocycles. The van der Waals surface area contributed by atoms with E-state index in [1.165, 1.54) is 0 Å². The van der Waals surface area contributed by atoms with Crippen molar-refractivity contribution in [3.8, 4) is 0 Å². The Labute approximate surface area is 104 Å². The molecule has 1 atom stereocenters. The summed E-state index contributed by atoms with van der Waals surface area (Å²) in [5.41, 5.74) is 2.56. The molecule has 17 heavy (non-hydrogen) atoms. The van der Waals surface area contributed by atoms with Crippen molar-refractivity contribution < 1.29 is 5.11 Å². The largest absolute Gasteiger partial charge is 0.388 e. The minimum Gasteiger partial charge on any atom is -0.388 e. The highest BCUT2D eigenvalue weighted by molar-refractivity contribution is 7.09. The molecule has 2 heterocycles. The molecule has 0 spiro atoms. The summed E-state index contributed by atoms with van der Waals surface area (Å²) in [6, 6.07) is 1.91. The van der Waals surface area contributed by atoms with Crippen LogP contribution in [0.2, 0.25) is 0 Å². The minimum atomic E-state index is -0.551. The predicted octanol–water partition coefficient (Wildman–Crippen LogP) is 2.08. The predicted molar refractivity (Wildman–Crippen MR) is 66.9 cm³/mol. The molecule has 2 aromatic rings. The zero-order valence-electron chi connectivity index (χ0n) is 9.92. The number of nitrogens with zero attached hydrogens (tertiary/aromatic N) is 3. The summed E-state index contributed by atoms with van der Waals surface area (Å²) in [6.07, 6.45) is 2.52. The van der Waals surface area contributed by atoms with Crippen LogP contribution in [-0.4, -0.2) is 20.3 Å². The Kier molecular flexibility index (Phi) is 3.81. The van der Waals surface area contributed by atoms with Crippen LogP contribution in [0.4, 0.5) is 0 Å². The maximum absolute atomic E-state index is 10.2. The van der Waals surface area contributed by atoms with E-state index in [1.807, 2.05) is 25.3 Å². The number of thiazole rings is 1. The molecule has 1 unspecified atom stereocenters. The molecule has 2 aromatic heterocycles. The van der Waals surface area contributed by atoms with Crippen LogP contribution in [0.15, 0.2) is 17.6 Å². The van der Waals surface area contributed by atoms with Gasteiger partial charge in [0.15, 0.2) is 0 Å². The Morgan fingerprint density at radius 1 is 1.41 bits per heavy atom. The van der Waals surface area contributed by atoms with Gasteiger partial charge in [0.25, 0.3) is 0 Å². The summed E-state index contributed by atoms with van der Waals surface area (Å²) in [5.74, 6) is 0. The molecular formula is C12H15N3OS. The quantitative estimate of drug-likeness (QED) is 0.901. The van der Waals surface area contributed by atoms with Crippen LogP contribution in [0.3, 0.4) is 0 Å².